The average Bonchev–Trinajstić information content (AvgIpc) is 2.28. The molecule has 3 nitrogen and oxygen atoms in total. The number of rotatable bonds is 4. The van der Waals surface area contributed by atoms with Crippen LogP contribution in [0.5, 0.6) is 0 Å². The van der Waals surface area contributed by atoms with E-state index in [0.29, 0.717) is 6.61 Å². The van der Waals surface area contributed by atoms with Gasteiger partial charge in [0.15, 0.2) is 0 Å². The fraction of sp³-hybridized carbons (Fsp3) is 0.250. The van der Waals surface area contributed by atoms with Crippen molar-refractivity contribution in [2.45, 2.75) is 13.5 Å². The molecule has 0 saturated carbocycles. The van der Waals surface area contributed by atoms with Crippen molar-refractivity contribution in [2.75, 3.05) is 6.61 Å². The van der Waals surface area contributed by atoms with Gasteiger partial charge < -0.3 is 9.84 Å². The van der Waals surface area contributed by atoms with Crippen molar-refractivity contribution in [3.8, 4) is 0 Å². The minimum absolute atomic E-state index is 0.0400. The Hall–Kier alpha value is -1.13. The largest absolute Gasteiger partial charge is 0.463 e. The molecule has 0 radical (unpaired) electrons. The molecule has 86 valence electrons. The van der Waals surface area contributed by atoms with Crippen LogP contribution in [0.2, 0.25) is 0 Å². The van der Waals surface area contributed by atoms with Gasteiger partial charge in [-0.1, -0.05) is 22.0 Å². The van der Waals surface area contributed by atoms with Gasteiger partial charge >= 0.3 is 5.97 Å². The first-order valence-electron chi connectivity index (χ1n) is 4.91. The number of hydrogen-bond acceptors (Lipinski definition) is 3. The number of aliphatic hydroxyl groups excluding tert-OH is 1. The maximum Gasteiger partial charge on any atom is 0.330 e. The zero-order valence-electron chi connectivity index (χ0n) is 8.94. The first kappa shape index (κ1) is 12.9. The lowest BCUT2D eigenvalue weighted by atomic mass is 10.1. The van der Waals surface area contributed by atoms with E-state index >= 15 is 0 Å². The lowest BCUT2D eigenvalue weighted by Crippen LogP contribution is -1.98. The lowest BCUT2D eigenvalue weighted by Gasteiger charge is -2.02. The minimum atomic E-state index is -0.365. The van der Waals surface area contributed by atoms with Gasteiger partial charge in [-0.3, -0.25) is 0 Å². The van der Waals surface area contributed by atoms with Gasteiger partial charge in [0.25, 0.3) is 0 Å². The molecule has 0 atom stereocenters. The van der Waals surface area contributed by atoms with Crippen molar-refractivity contribution >= 4 is 28.0 Å². The Morgan fingerprint density at radius 2 is 2.31 bits per heavy atom. The van der Waals surface area contributed by atoms with Gasteiger partial charge in [0.05, 0.1) is 13.2 Å². The molecule has 0 amide bonds. The second kappa shape index (κ2) is 6.45. The summed E-state index contributed by atoms with van der Waals surface area (Å²) in [6.07, 6.45) is 3.03. The van der Waals surface area contributed by atoms with Gasteiger partial charge in [-0.05, 0) is 36.3 Å². The zero-order chi connectivity index (χ0) is 12.0. The summed E-state index contributed by atoms with van der Waals surface area (Å²) in [5.74, 6) is -0.365. The van der Waals surface area contributed by atoms with Crippen molar-refractivity contribution in [1.29, 1.82) is 0 Å². The normalized spacial score (nSPS) is 10.7. The smallest absolute Gasteiger partial charge is 0.330 e. The average molecular weight is 285 g/mol. The van der Waals surface area contributed by atoms with E-state index in [1.807, 2.05) is 12.1 Å². The number of benzene rings is 1. The third-order valence-corrected chi connectivity index (χ3v) is 2.71. The number of esters is 1. The predicted molar refractivity (Wildman–Crippen MR) is 65.7 cm³/mol. The van der Waals surface area contributed by atoms with Crippen LogP contribution >= 0.6 is 15.9 Å². The van der Waals surface area contributed by atoms with Crippen molar-refractivity contribution in [3.63, 3.8) is 0 Å². The van der Waals surface area contributed by atoms with Crippen LogP contribution in [0.25, 0.3) is 6.08 Å². The molecular weight excluding hydrogens is 272 g/mol. The van der Waals surface area contributed by atoms with Crippen LogP contribution in [0.4, 0.5) is 0 Å². The Kier molecular flexibility index (Phi) is 5.22. The van der Waals surface area contributed by atoms with Crippen molar-refractivity contribution in [1.82, 2.24) is 0 Å². The first-order chi connectivity index (χ1) is 7.67. The van der Waals surface area contributed by atoms with Crippen LogP contribution < -0.4 is 0 Å². The Morgan fingerprint density at radius 3 is 2.94 bits per heavy atom. The molecule has 0 spiro atoms. The highest BCUT2D eigenvalue weighted by atomic mass is 79.9. The predicted octanol–water partition coefficient (Wildman–Crippen LogP) is 2.52. The van der Waals surface area contributed by atoms with E-state index in [2.05, 4.69) is 15.9 Å². The van der Waals surface area contributed by atoms with Gasteiger partial charge in [-0.25, -0.2) is 4.79 Å². The Morgan fingerprint density at radius 1 is 1.56 bits per heavy atom. The third-order valence-electron chi connectivity index (χ3n) is 1.94. The first-order valence-corrected chi connectivity index (χ1v) is 5.70. The molecule has 4 heteroatoms. The van der Waals surface area contributed by atoms with Gasteiger partial charge in [0, 0.05) is 10.5 Å². The van der Waals surface area contributed by atoms with Crippen LogP contribution in [0.15, 0.2) is 28.7 Å². The van der Waals surface area contributed by atoms with Crippen LogP contribution in [0, 0.1) is 0 Å². The monoisotopic (exact) mass is 284 g/mol. The van der Waals surface area contributed by atoms with Crippen molar-refractivity contribution < 1.29 is 14.6 Å². The molecule has 0 saturated heterocycles. The topological polar surface area (TPSA) is 46.5 Å². The molecule has 0 aliphatic carbocycles. The molecule has 0 bridgehead atoms. The van der Waals surface area contributed by atoms with E-state index in [1.165, 1.54) is 6.08 Å². The number of ether oxygens (including phenoxy) is 1. The standard InChI is InChI=1S/C12H13BrO3/c1-2-16-12(15)6-4-9-3-5-11(13)10(7-9)8-14/h3-7,14H,2,8H2,1H3. The second-order valence-corrected chi connectivity index (χ2v) is 3.95. The summed E-state index contributed by atoms with van der Waals surface area (Å²) in [7, 11) is 0. The quantitative estimate of drug-likeness (QED) is 0.683. The molecule has 1 aromatic carbocycles. The highest BCUT2D eigenvalue weighted by Crippen LogP contribution is 2.19. The maximum absolute atomic E-state index is 11.1. The second-order valence-electron chi connectivity index (χ2n) is 3.09. The maximum atomic E-state index is 11.1. The van der Waals surface area contributed by atoms with Gasteiger partial charge in [0.1, 0.15) is 0 Å². The Labute approximate surface area is 103 Å². The van der Waals surface area contributed by atoms with Crippen LogP contribution in [-0.4, -0.2) is 17.7 Å². The van der Waals surface area contributed by atoms with Crippen molar-refractivity contribution in [2.24, 2.45) is 0 Å². The Bertz CT molecular complexity index is 399. The summed E-state index contributed by atoms with van der Waals surface area (Å²) in [6.45, 7) is 2.09. The molecule has 0 aliphatic rings. The molecule has 0 heterocycles. The third kappa shape index (κ3) is 3.79. The molecule has 1 aromatic rings. The summed E-state index contributed by atoms with van der Waals surface area (Å²) in [6, 6.07) is 5.48. The molecule has 0 fully saturated rings. The van der Waals surface area contributed by atoms with E-state index in [-0.39, 0.29) is 12.6 Å². The minimum Gasteiger partial charge on any atom is -0.463 e. The molecule has 1 N–H and O–H groups in total. The van der Waals surface area contributed by atoms with E-state index < -0.39 is 0 Å². The number of aliphatic hydroxyl groups is 1. The van der Waals surface area contributed by atoms with Crippen LogP contribution in [0.3, 0.4) is 0 Å². The van der Waals surface area contributed by atoms with E-state index in [1.54, 1.807) is 19.1 Å². The van der Waals surface area contributed by atoms with Crippen LogP contribution in [0.1, 0.15) is 18.1 Å². The molecule has 0 aromatic heterocycles. The molecular formula is C12H13BrO3. The molecule has 0 unspecified atom stereocenters. The zero-order valence-corrected chi connectivity index (χ0v) is 10.5. The Balaban J connectivity index is 2.78. The van der Waals surface area contributed by atoms with Crippen molar-refractivity contribution in [3.05, 3.63) is 39.9 Å². The summed E-state index contributed by atoms with van der Waals surface area (Å²) in [5.41, 5.74) is 1.63. The fourth-order valence-electron chi connectivity index (χ4n) is 1.17. The SMILES string of the molecule is CCOC(=O)C=Cc1ccc(Br)c(CO)c1. The highest BCUT2D eigenvalue weighted by molar-refractivity contribution is 9.10. The summed E-state index contributed by atoms with van der Waals surface area (Å²) < 4.78 is 5.61. The summed E-state index contributed by atoms with van der Waals surface area (Å²) in [4.78, 5) is 11.1. The summed E-state index contributed by atoms with van der Waals surface area (Å²) in [5, 5.41) is 9.06. The van der Waals surface area contributed by atoms with E-state index in [4.69, 9.17) is 9.84 Å². The van der Waals surface area contributed by atoms with E-state index in [9.17, 15) is 4.79 Å². The number of carbonyl (C=O) groups excluding carboxylic acids is 1. The van der Waals surface area contributed by atoms with Gasteiger partial charge in [-0.2, -0.15) is 0 Å². The highest BCUT2D eigenvalue weighted by Gasteiger charge is 1.99. The number of carbonyl (C=O) groups is 1. The van der Waals surface area contributed by atoms with E-state index in [0.717, 1.165) is 15.6 Å². The number of halogens is 1. The lowest BCUT2D eigenvalue weighted by molar-refractivity contribution is -0.137. The van der Waals surface area contributed by atoms with Gasteiger partial charge in [0.2, 0.25) is 0 Å². The summed E-state index contributed by atoms with van der Waals surface area (Å²) >= 11 is 3.32. The fourth-order valence-corrected chi connectivity index (χ4v) is 1.55. The molecule has 16 heavy (non-hydrogen) atoms. The van der Waals surface area contributed by atoms with Gasteiger partial charge in [-0.15, -0.1) is 0 Å². The van der Waals surface area contributed by atoms with Crippen LogP contribution in [-0.2, 0) is 16.1 Å². The molecule has 0 aliphatic heterocycles. The molecule has 1 rings (SSSR count). The number of hydrogen-bond donors (Lipinski definition) is 1.